The van der Waals surface area contributed by atoms with Crippen LogP contribution in [0.25, 0.3) is 0 Å². The lowest BCUT2D eigenvalue weighted by molar-refractivity contribution is -0.137. The number of aliphatic carboxylic acids is 1. The van der Waals surface area contributed by atoms with E-state index < -0.39 is 16.0 Å². The summed E-state index contributed by atoms with van der Waals surface area (Å²) in [7, 11) is -1.97. The SMILES string of the molecule is Cc1c(S(=O)(=O)N2CCN(C(=O)c3cnn(CCC(=O)O)c3)CC2)cnn1C. The van der Waals surface area contributed by atoms with Crippen molar-refractivity contribution in [2.24, 2.45) is 7.05 Å². The van der Waals surface area contributed by atoms with Crippen LogP contribution in [0.4, 0.5) is 0 Å². The monoisotopic (exact) mass is 410 g/mol. The Hall–Kier alpha value is -2.73. The molecule has 3 heterocycles. The molecule has 0 spiro atoms. The molecular weight excluding hydrogens is 388 g/mol. The highest BCUT2D eigenvalue weighted by molar-refractivity contribution is 7.89. The Morgan fingerprint density at radius 2 is 1.82 bits per heavy atom. The van der Waals surface area contributed by atoms with Gasteiger partial charge in [0.05, 0.1) is 36.6 Å². The van der Waals surface area contributed by atoms with Crippen molar-refractivity contribution in [3.8, 4) is 0 Å². The van der Waals surface area contributed by atoms with E-state index in [1.165, 1.54) is 32.3 Å². The van der Waals surface area contributed by atoms with E-state index in [-0.39, 0.29) is 49.9 Å². The molecule has 152 valence electrons. The molecule has 1 aliphatic heterocycles. The minimum Gasteiger partial charge on any atom is -0.481 e. The van der Waals surface area contributed by atoms with Crippen LogP contribution in [0.5, 0.6) is 0 Å². The van der Waals surface area contributed by atoms with Gasteiger partial charge in [-0.25, -0.2) is 8.42 Å². The maximum atomic E-state index is 12.8. The van der Waals surface area contributed by atoms with Crippen LogP contribution in [-0.2, 0) is 28.4 Å². The number of hydrogen-bond acceptors (Lipinski definition) is 6. The largest absolute Gasteiger partial charge is 0.481 e. The fourth-order valence-electron chi connectivity index (χ4n) is 2.99. The average molecular weight is 410 g/mol. The molecule has 28 heavy (non-hydrogen) atoms. The van der Waals surface area contributed by atoms with Crippen LogP contribution >= 0.6 is 0 Å². The molecule has 11 nitrogen and oxygen atoms in total. The van der Waals surface area contributed by atoms with Gasteiger partial charge in [0.1, 0.15) is 4.90 Å². The van der Waals surface area contributed by atoms with Crippen molar-refractivity contribution >= 4 is 21.9 Å². The van der Waals surface area contributed by atoms with E-state index in [1.807, 2.05) is 0 Å². The second kappa shape index (κ2) is 7.72. The van der Waals surface area contributed by atoms with Crippen LogP contribution in [0.1, 0.15) is 22.5 Å². The summed E-state index contributed by atoms with van der Waals surface area (Å²) in [5.74, 6) is -1.19. The topological polar surface area (TPSA) is 131 Å². The van der Waals surface area contributed by atoms with Gasteiger partial charge in [-0.1, -0.05) is 0 Å². The molecule has 0 unspecified atom stereocenters. The maximum absolute atomic E-state index is 12.8. The summed E-state index contributed by atoms with van der Waals surface area (Å²) in [6.07, 6.45) is 4.16. The fourth-order valence-corrected chi connectivity index (χ4v) is 4.60. The Bertz CT molecular complexity index is 987. The minimum atomic E-state index is -3.66. The van der Waals surface area contributed by atoms with E-state index in [0.29, 0.717) is 11.3 Å². The zero-order chi connectivity index (χ0) is 20.5. The summed E-state index contributed by atoms with van der Waals surface area (Å²) in [6.45, 7) is 2.78. The van der Waals surface area contributed by atoms with Crippen molar-refractivity contribution in [2.75, 3.05) is 26.2 Å². The van der Waals surface area contributed by atoms with Gasteiger partial charge < -0.3 is 10.0 Å². The number of hydrogen-bond donors (Lipinski definition) is 1. The van der Waals surface area contributed by atoms with Crippen molar-refractivity contribution in [3.63, 3.8) is 0 Å². The highest BCUT2D eigenvalue weighted by Gasteiger charge is 2.32. The van der Waals surface area contributed by atoms with Gasteiger partial charge in [-0.3, -0.25) is 19.0 Å². The van der Waals surface area contributed by atoms with E-state index in [4.69, 9.17) is 5.11 Å². The molecule has 1 aliphatic rings. The first-order valence-electron chi connectivity index (χ1n) is 8.72. The van der Waals surface area contributed by atoms with Crippen molar-refractivity contribution < 1.29 is 23.1 Å². The predicted octanol–water partition coefficient (Wildman–Crippen LogP) is -0.454. The Balaban J connectivity index is 1.63. The molecule has 0 atom stereocenters. The number of carboxylic acids is 1. The third-order valence-corrected chi connectivity index (χ3v) is 6.77. The molecule has 0 bridgehead atoms. The average Bonchev–Trinajstić information content (AvgIpc) is 3.27. The summed E-state index contributed by atoms with van der Waals surface area (Å²) in [4.78, 5) is 25.0. The van der Waals surface area contributed by atoms with Gasteiger partial charge in [-0.15, -0.1) is 0 Å². The molecule has 2 aromatic heterocycles. The number of carbonyl (C=O) groups excluding carboxylic acids is 1. The number of nitrogens with zero attached hydrogens (tertiary/aromatic N) is 6. The summed E-state index contributed by atoms with van der Waals surface area (Å²) in [5, 5.41) is 16.7. The van der Waals surface area contributed by atoms with E-state index in [9.17, 15) is 18.0 Å². The molecule has 2 aromatic rings. The van der Waals surface area contributed by atoms with Crippen LogP contribution < -0.4 is 0 Å². The van der Waals surface area contributed by atoms with Gasteiger partial charge in [0.25, 0.3) is 5.91 Å². The summed E-state index contributed by atoms with van der Waals surface area (Å²) in [5.41, 5.74) is 0.914. The smallest absolute Gasteiger partial charge is 0.305 e. The zero-order valence-corrected chi connectivity index (χ0v) is 16.5. The predicted molar refractivity (Wildman–Crippen MR) is 97.1 cm³/mol. The maximum Gasteiger partial charge on any atom is 0.305 e. The van der Waals surface area contributed by atoms with Gasteiger partial charge >= 0.3 is 5.97 Å². The Labute approximate surface area is 162 Å². The van der Waals surface area contributed by atoms with Crippen LogP contribution in [0, 0.1) is 6.92 Å². The second-order valence-electron chi connectivity index (χ2n) is 6.55. The molecule has 1 saturated heterocycles. The third-order valence-electron chi connectivity index (χ3n) is 4.77. The van der Waals surface area contributed by atoms with E-state index in [2.05, 4.69) is 10.2 Å². The molecule has 12 heteroatoms. The lowest BCUT2D eigenvalue weighted by Crippen LogP contribution is -2.50. The Morgan fingerprint density at radius 1 is 1.14 bits per heavy atom. The number of rotatable bonds is 6. The number of aryl methyl sites for hydroxylation is 2. The molecule has 0 aromatic carbocycles. The molecule has 0 radical (unpaired) electrons. The number of sulfonamides is 1. The van der Waals surface area contributed by atoms with Crippen LogP contribution in [0.15, 0.2) is 23.5 Å². The summed E-state index contributed by atoms with van der Waals surface area (Å²) < 4.78 is 29.9. The standard InChI is InChI=1S/C16H22N6O5S/c1-12-14(10-17-19(12)2)28(26,27)22-7-5-20(6-8-22)16(25)13-9-18-21(11-13)4-3-15(23)24/h9-11H,3-8H2,1-2H3,(H,23,24). The van der Waals surface area contributed by atoms with Gasteiger partial charge in [0.15, 0.2) is 0 Å². The second-order valence-corrected chi connectivity index (χ2v) is 8.46. The molecule has 0 aliphatic carbocycles. The highest BCUT2D eigenvalue weighted by Crippen LogP contribution is 2.21. The number of piperazine rings is 1. The van der Waals surface area contributed by atoms with Crippen LogP contribution in [0.2, 0.25) is 0 Å². The number of amides is 1. The fraction of sp³-hybridized carbons (Fsp3) is 0.500. The van der Waals surface area contributed by atoms with Gasteiger partial charge in [0.2, 0.25) is 10.0 Å². The molecule has 0 saturated carbocycles. The summed E-state index contributed by atoms with van der Waals surface area (Å²) in [6, 6.07) is 0. The minimum absolute atomic E-state index is 0.0837. The number of carbonyl (C=O) groups is 2. The van der Waals surface area contributed by atoms with Crippen LogP contribution in [-0.4, -0.2) is 80.3 Å². The normalized spacial score (nSPS) is 15.7. The molecule has 1 fully saturated rings. The van der Waals surface area contributed by atoms with Crippen LogP contribution in [0.3, 0.4) is 0 Å². The first-order valence-corrected chi connectivity index (χ1v) is 10.2. The third kappa shape index (κ3) is 3.92. The molecule has 1 amide bonds. The van der Waals surface area contributed by atoms with Crippen molar-refractivity contribution in [1.29, 1.82) is 0 Å². The molecule has 1 N–H and O–H groups in total. The Kier molecular flexibility index (Phi) is 5.52. The van der Waals surface area contributed by atoms with E-state index in [0.717, 1.165) is 0 Å². The summed E-state index contributed by atoms with van der Waals surface area (Å²) >= 11 is 0. The highest BCUT2D eigenvalue weighted by atomic mass is 32.2. The Morgan fingerprint density at radius 3 is 2.39 bits per heavy atom. The lowest BCUT2D eigenvalue weighted by atomic mass is 10.2. The molecule has 3 rings (SSSR count). The lowest BCUT2D eigenvalue weighted by Gasteiger charge is -2.33. The quantitative estimate of drug-likeness (QED) is 0.682. The van der Waals surface area contributed by atoms with Gasteiger partial charge in [-0.2, -0.15) is 14.5 Å². The van der Waals surface area contributed by atoms with Gasteiger partial charge in [-0.05, 0) is 6.92 Å². The first-order chi connectivity index (χ1) is 13.2. The zero-order valence-electron chi connectivity index (χ0n) is 15.6. The molecular formula is C16H22N6O5S. The van der Waals surface area contributed by atoms with E-state index in [1.54, 1.807) is 18.9 Å². The van der Waals surface area contributed by atoms with Crippen molar-refractivity contribution in [1.82, 2.24) is 28.8 Å². The van der Waals surface area contributed by atoms with Crippen molar-refractivity contribution in [2.45, 2.75) is 24.8 Å². The first kappa shape index (κ1) is 20.0. The van der Waals surface area contributed by atoms with E-state index >= 15 is 0 Å². The number of aromatic nitrogens is 4. The number of carboxylic acid groups (broad SMARTS) is 1. The van der Waals surface area contributed by atoms with Crippen molar-refractivity contribution in [3.05, 3.63) is 29.8 Å². The van der Waals surface area contributed by atoms with Gasteiger partial charge in [0, 0.05) is 39.4 Å².